The van der Waals surface area contributed by atoms with E-state index in [4.69, 9.17) is 16.3 Å². The van der Waals surface area contributed by atoms with Crippen molar-refractivity contribution in [3.8, 4) is 16.9 Å². The van der Waals surface area contributed by atoms with E-state index in [1.807, 2.05) is 13.1 Å². The summed E-state index contributed by atoms with van der Waals surface area (Å²) in [5.41, 5.74) is 2.23. The summed E-state index contributed by atoms with van der Waals surface area (Å²) in [6.07, 6.45) is 0. The van der Waals surface area contributed by atoms with Gasteiger partial charge in [-0.25, -0.2) is 4.39 Å². The molecular formula is C15H15ClFNO. The molecule has 19 heavy (non-hydrogen) atoms. The third-order valence-corrected chi connectivity index (χ3v) is 3.28. The number of nitrogens with one attached hydrogen (secondary N) is 1. The van der Waals surface area contributed by atoms with Gasteiger partial charge in [0.25, 0.3) is 0 Å². The predicted octanol–water partition coefficient (Wildman–Crippen LogP) is 3.87. The number of benzene rings is 2. The highest BCUT2D eigenvalue weighted by Crippen LogP contribution is 2.31. The molecule has 0 bridgehead atoms. The van der Waals surface area contributed by atoms with E-state index in [0.29, 0.717) is 17.1 Å². The van der Waals surface area contributed by atoms with Gasteiger partial charge in [-0.2, -0.15) is 0 Å². The van der Waals surface area contributed by atoms with Crippen LogP contribution in [0.1, 0.15) is 5.56 Å². The van der Waals surface area contributed by atoms with Crippen molar-refractivity contribution < 1.29 is 9.13 Å². The zero-order valence-electron chi connectivity index (χ0n) is 10.8. The van der Waals surface area contributed by atoms with Crippen LogP contribution in [0.3, 0.4) is 0 Å². The fourth-order valence-electron chi connectivity index (χ4n) is 1.96. The maximum absolute atomic E-state index is 14.2. The normalized spacial score (nSPS) is 10.5. The highest BCUT2D eigenvalue weighted by atomic mass is 35.5. The van der Waals surface area contributed by atoms with Crippen molar-refractivity contribution >= 4 is 11.6 Å². The topological polar surface area (TPSA) is 21.3 Å². The van der Waals surface area contributed by atoms with E-state index in [1.165, 1.54) is 7.11 Å². The van der Waals surface area contributed by atoms with Crippen LogP contribution in [0, 0.1) is 5.82 Å². The molecule has 0 aromatic heterocycles. The van der Waals surface area contributed by atoms with E-state index >= 15 is 0 Å². The summed E-state index contributed by atoms with van der Waals surface area (Å²) in [4.78, 5) is 0. The van der Waals surface area contributed by atoms with E-state index in [0.717, 1.165) is 11.1 Å². The van der Waals surface area contributed by atoms with Crippen molar-refractivity contribution in [2.75, 3.05) is 14.2 Å². The molecule has 0 radical (unpaired) electrons. The number of ether oxygens (including phenoxy) is 1. The molecule has 2 nitrogen and oxygen atoms in total. The Labute approximate surface area is 117 Å². The van der Waals surface area contributed by atoms with Crippen molar-refractivity contribution in [2.45, 2.75) is 6.54 Å². The fourth-order valence-corrected chi connectivity index (χ4v) is 2.14. The molecule has 2 aromatic rings. The fraction of sp³-hybridized carbons (Fsp3) is 0.200. The number of halogens is 2. The maximum Gasteiger partial charge on any atom is 0.172 e. The lowest BCUT2D eigenvalue weighted by Gasteiger charge is -2.10. The summed E-state index contributed by atoms with van der Waals surface area (Å²) in [5.74, 6) is -0.120. The average molecular weight is 280 g/mol. The highest BCUT2D eigenvalue weighted by Gasteiger charge is 2.11. The smallest absolute Gasteiger partial charge is 0.172 e. The lowest BCUT2D eigenvalue weighted by atomic mass is 10.0. The van der Waals surface area contributed by atoms with Gasteiger partial charge in [-0.1, -0.05) is 29.8 Å². The zero-order chi connectivity index (χ0) is 13.8. The molecule has 4 heteroatoms. The summed E-state index contributed by atoms with van der Waals surface area (Å²) < 4.78 is 19.2. The zero-order valence-corrected chi connectivity index (χ0v) is 11.6. The Morgan fingerprint density at radius 2 is 2.05 bits per heavy atom. The molecule has 0 saturated heterocycles. The summed E-state index contributed by atoms with van der Waals surface area (Å²) in [6, 6.07) is 10.6. The predicted molar refractivity (Wildman–Crippen MR) is 76.2 cm³/mol. The van der Waals surface area contributed by atoms with Crippen LogP contribution in [0.15, 0.2) is 36.4 Å². The monoisotopic (exact) mass is 279 g/mol. The van der Waals surface area contributed by atoms with Gasteiger partial charge in [-0.05, 0) is 36.4 Å². The lowest BCUT2D eigenvalue weighted by Crippen LogP contribution is -2.05. The molecule has 100 valence electrons. The molecule has 0 aliphatic rings. The van der Waals surface area contributed by atoms with Crippen molar-refractivity contribution in [2.24, 2.45) is 0 Å². The van der Waals surface area contributed by atoms with Crippen LogP contribution in [0.2, 0.25) is 5.02 Å². The van der Waals surface area contributed by atoms with Crippen LogP contribution in [-0.2, 0) is 6.54 Å². The lowest BCUT2D eigenvalue weighted by molar-refractivity contribution is 0.387. The van der Waals surface area contributed by atoms with Crippen LogP contribution in [-0.4, -0.2) is 14.2 Å². The second-order valence-corrected chi connectivity index (χ2v) is 4.57. The van der Waals surface area contributed by atoms with Crippen molar-refractivity contribution in [1.29, 1.82) is 0 Å². The molecule has 0 saturated carbocycles. The SMILES string of the molecule is CNCc1cc(-c2cccc(OC)c2F)ccc1Cl. The second-order valence-electron chi connectivity index (χ2n) is 4.16. The Bertz CT molecular complexity index is 586. The Kier molecular flexibility index (Phi) is 4.40. The summed E-state index contributed by atoms with van der Waals surface area (Å²) >= 11 is 6.10. The van der Waals surface area contributed by atoms with Gasteiger partial charge >= 0.3 is 0 Å². The number of rotatable bonds is 4. The third kappa shape index (κ3) is 2.88. The van der Waals surface area contributed by atoms with Crippen LogP contribution < -0.4 is 10.1 Å². The van der Waals surface area contributed by atoms with Gasteiger partial charge in [-0.15, -0.1) is 0 Å². The summed E-state index contributed by atoms with van der Waals surface area (Å²) in [5, 5.41) is 3.71. The molecule has 2 rings (SSSR count). The number of hydrogen-bond donors (Lipinski definition) is 1. The largest absolute Gasteiger partial charge is 0.494 e. The van der Waals surface area contributed by atoms with Crippen molar-refractivity contribution in [3.63, 3.8) is 0 Å². The van der Waals surface area contributed by atoms with Gasteiger partial charge in [0.15, 0.2) is 11.6 Å². The molecule has 0 fully saturated rings. The molecule has 0 unspecified atom stereocenters. The van der Waals surface area contributed by atoms with Crippen LogP contribution in [0.5, 0.6) is 5.75 Å². The standard InChI is InChI=1S/C15H15ClFNO/c1-18-9-11-8-10(6-7-13(11)16)12-4-3-5-14(19-2)15(12)17/h3-8,18H,9H2,1-2H3. The van der Waals surface area contributed by atoms with E-state index < -0.39 is 0 Å². The Hall–Kier alpha value is -1.58. The van der Waals surface area contributed by atoms with Gasteiger partial charge in [0, 0.05) is 17.1 Å². The number of hydrogen-bond acceptors (Lipinski definition) is 2. The third-order valence-electron chi connectivity index (χ3n) is 2.91. The van der Waals surface area contributed by atoms with Gasteiger partial charge in [-0.3, -0.25) is 0 Å². The van der Waals surface area contributed by atoms with Gasteiger partial charge in [0.1, 0.15) is 0 Å². The van der Waals surface area contributed by atoms with Crippen LogP contribution in [0.4, 0.5) is 4.39 Å². The minimum absolute atomic E-state index is 0.239. The Morgan fingerprint density at radius 3 is 2.74 bits per heavy atom. The molecular weight excluding hydrogens is 265 g/mol. The first kappa shape index (κ1) is 13.8. The first-order valence-electron chi connectivity index (χ1n) is 5.93. The second kappa shape index (κ2) is 6.04. The Morgan fingerprint density at radius 1 is 1.26 bits per heavy atom. The summed E-state index contributed by atoms with van der Waals surface area (Å²) in [7, 11) is 3.30. The van der Waals surface area contributed by atoms with Gasteiger partial charge in [0.05, 0.1) is 7.11 Å². The van der Waals surface area contributed by atoms with E-state index in [2.05, 4.69) is 5.32 Å². The first-order chi connectivity index (χ1) is 9.17. The van der Waals surface area contributed by atoms with Crippen LogP contribution >= 0.6 is 11.6 Å². The molecule has 0 heterocycles. The number of methoxy groups -OCH3 is 1. The quantitative estimate of drug-likeness (QED) is 0.917. The molecule has 1 N–H and O–H groups in total. The molecule has 0 spiro atoms. The maximum atomic E-state index is 14.2. The van der Waals surface area contributed by atoms with Crippen molar-refractivity contribution in [1.82, 2.24) is 5.32 Å². The highest BCUT2D eigenvalue weighted by molar-refractivity contribution is 6.31. The molecule has 0 amide bonds. The first-order valence-corrected chi connectivity index (χ1v) is 6.31. The van der Waals surface area contributed by atoms with E-state index in [-0.39, 0.29) is 11.6 Å². The average Bonchev–Trinajstić information content (AvgIpc) is 2.42. The molecule has 0 atom stereocenters. The van der Waals surface area contributed by atoms with E-state index in [1.54, 1.807) is 30.3 Å². The molecule has 2 aromatic carbocycles. The van der Waals surface area contributed by atoms with Crippen LogP contribution in [0.25, 0.3) is 11.1 Å². The van der Waals surface area contributed by atoms with E-state index in [9.17, 15) is 4.39 Å². The Balaban J connectivity index is 2.50. The van der Waals surface area contributed by atoms with Gasteiger partial charge in [0.2, 0.25) is 0 Å². The van der Waals surface area contributed by atoms with Gasteiger partial charge < -0.3 is 10.1 Å². The molecule has 0 aliphatic carbocycles. The minimum atomic E-state index is -0.359. The summed E-state index contributed by atoms with van der Waals surface area (Å²) in [6.45, 7) is 0.637. The van der Waals surface area contributed by atoms with Crippen molar-refractivity contribution in [3.05, 3.63) is 52.8 Å². The molecule has 0 aliphatic heterocycles. The minimum Gasteiger partial charge on any atom is -0.494 e.